The Hall–Kier alpha value is -4.45. The van der Waals surface area contributed by atoms with Crippen LogP contribution in [0.25, 0.3) is 0 Å². The van der Waals surface area contributed by atoms with Crippen molar-refractivity contribution in [1.29, 1.82) is 0 Å². The minimum absolute atomic E-state index is 0.123. The molecule has 0 aliphatic heterocycles. The summed E-state index contributed by atoms with van der Waals surface area (Å²) >= 11 is 0. The van der Waals surface area contributed by atoms with Gasteiger partial charge < -0.3 is 14.2 Å². The fourth-order valence-corrected chi connectivity index (χ4v) is 6.96. The average molecular weight is 953 g/mol. The first-order valence-corrected chi connectivity index (χ1v) is 27.7. The molecule has 0 bridgehead atoms. The minimum Gasteiger partial charge on any atom is -0.462 e. The largest absolute Gasteiger partial charge is 0.462 e. The van der Waals surface area contributed by atoms with Crippen molar-refractivity contribution in [1.82, 2.24) is 0 Å². The van der Waals surface area contributed by atoms with Gasteiger partial charge in [-0.2, -0.15) is 0 Å². The van der Waals surface area contributed by atoms with E-state index >= 15 is 0 Å². The molecule has 0 heterocycles. The summed E-state index contributed by atoms with van der Waals surface area (Å²) in [5.41, 5.74) is 0. The predicted molar refractivity (Wildman–Crippen MR) is 297 cm³/mol. The molecule has 6 heteroatoms. The number of unbranched alkanes of at least 4 members (excludes halogenated alkanes) is 15. The van der Waals surface area contributed by atoms with Crippen LogP contribution in [0, 0.1) is 0 Å². The Bertz CT molecular complexity index is 1510. The second-order valence-electron chi connectivity index (χ2n) is 17.7. The summed E-state index contributed by atoms with van der Waals surface area (Å²) in [4.78, 5) is 38.1. The van der Waals surface area contributed by atoms with E-state index in [0.717, 1.165) is 128 Å². The summed E-state index contributed by atoms with van der Waals surface area (Å²) in [6.45, 7) is 6.37. The lowest BCUT2D eigenvalue weighted by atomic mass is 10.1. The van der Waals surface area contributed by atoms with E-state index in [1.54, 1.807) is 0 Å². The van der Waals surface area contributed by atoms with Crippen LogP contribution in [0.15, 0.2) is 134 Å². The summed E-state index contributed by atoms with van der Waals surface area (Å²) in [5.74, 6) is -1.03. The molecule has 0 aromatic heterocycles. The highest BCUT2D eigenvalue weighted by Crippen LogP contribution is 2.12. The normalized spacial score (nSPS) is 13.1. The van der Waals surface area contributed by atoms with Crippen molar-refractivity contribution in [2.75, 3.05) is 13.2 Å². The molecule has 0 radical (unpaired) electrons. The van der Waals surface area contributed by atoms with E-state index in [1.165, 1.54) is 51.4 Å². The van der Waals surface area contributed by atoms with Gasteiger partial charge in [-0.1, -0.05) is 206 Å². The molecule has 0 rings (SSSR count). The zero-order valence-corrected chi connectivity index (χ0v) is 44.3. The topological polar surface area (TPSA) is 78.9 Å². The molecule has 0 fully saturated rings. The van der Waals surface area contributed by atoms with Crippen molar-refractivity contribution >= 4 is 17.9 Å². The highest BCUT2D eigenvalue weighted by atomic mass is 16.6. The van der Waals surface area contributed by atoms with Crippen molar-refractivity contribution < 1.29 is 28.6 Å². The van der Waals surface area contributed by atoms with Gasteiger partial charge in [0.05, 0.1) is 0 Å². The predicted octanol–water partition coefficient (Wildman–Crippen LogP) is 18.6. The average Bonchev–Trinajstić information content (AvgIpc) is 3.35. The van der Waals surface area contributed by atoms with Crippen LogP contribution >= 0.6 is 0 Å². The third-order valence-corrected chi connectivity index (χ3v) is 11.1. The fourth-order valence-electron chi connectivity index (χ4n) is 6.96. The van der Waals surface area contributed by atoms with Crippen molar-refractivity contribution in [3.63, 3.8) is 0 Å². The van der Waals surface area contributed by atoms with E-state index in [4.69, 9.17) is 14.2 Å². The minimum atomic E-state index is -0.827. The Morgan fingerprint density at radius 2 is 0.580 bits per heavy atom. The number of carbonyl (C=O) groups excluding carboxylic acids is 3. The van der Waals surface area contributed by atoms with Crippen molar-refractivity contribution in [2.24, 2.45) is 0 Å². The Morgan fingerprint density at radius 3 is 0.957 bits per heavy atom. The number of rotatable bonds is 48. The first kappa shape index (κ1) is 64.5. The molecule has 0 amide bonds. The monoisotopic (exact) mass is 953 g/mol. The highest BCUT2D eigenvalue weighted by molar-refractivity contribution is 5.71. The van der Waals surface area contributed by atoms with Crippen LogP contribution in [0.1, 0.15) is 226 Å². The Morgan fingerprint density at radius 1 is 0.304 bits per heavy atom. The number of ether oxygens (including phenoxy) is 3. The van der Waals surface area contributed by atoms with Crippen LogP contribution in [-0.2, 0) is 28.6 Å². The molecule has 0 saturated carbocycles. The van der Waals surface area contributed by atoms with Gasteiger partial charge in [-0.15, -0.1) is 0 Å². The maximum absolute atomic E-state index is 12.8. The second kappa shape index (κ2) is 56.1. The van der Waals surface area contributed by atoms with Crippen LogP contribution in [-0.4, -0.2) is 37.2 Å². The van der Waals surface area contributed by atoms with Gasteiger partial charge in [-0.05, 0) is 135 Å². The molecule has 0 spiro atoms. The second-order valence-corrected chi connectivity index (χ2v) is 17.7. The summed E-state index contributed by atoms with van der Waals surface area (Å²) in [7, 11) is 0. The number of hydrogen-bond acceptors (Lipinski definition) is 6. The smallest absolute Gasteiger partial charge is 0.306 e. The molecule has 1 atom stereocenters. The van der Waals surface area contributed by atoms with E-state index in [9.17, 15) is 14.4 Å². The molecule has 0 unspecified atom stereocenters. The molecule has 0 aromatic carbocycles. The Balaban J connectivity index is 4.58. The molecule has 6 nitrogen and oxygen atoms in total. The maximum atomic E-state index is 12.8. The number of carbonyl (C=O) groups is 3. The van der Waals surface area contributed by atoms with E-state index in [1.807, 2.05) is 0 Å². The number of allylic oxidation sites excluding steroid dienone is 22. The molecule has 0 aliphatic carbocycles. The van der Waals surface area contributed by atoms with Gasteiger partial charge in [0.15, 0.2) is 6.10 Å². The number of hydrogen-bond donors (Lipinski definition) is 0. The van der Waals surface area contributed by atoms with Crippen LogP contribution < -0.4 is 0 Å². The molecular formula is C63H100O6. The van der Waals surface area contributed by atoms with E-state index in [-0.39, 0.29) is 44.0 Å². The standard InChI is InChI=1S/C63H100O6/c1-4-7-10-13-16-19-22-25-28-30-31-33-36-38-41-44-47-50-53-56-62(65)68-59-60(69-63(66)57-54-51-48-45-42-39-34-27-24-21-18-15-12-9-6-3)58-67-61(64)55-52-49-46-43-40-37-35-32-29-26-23-20-17-14-11-8-5-2/h7,10,16-21,25-29,31,33-35,37-38,41,43,46,60H,4-6,8-9,11-15,22-24,30,32,36,39-40,42,44-45,47-59H2,1-3H3/b10-7-,19-16-,20-17-,21-18-,28-25-,29-26-,33-31-,34-27-,37-35-,41-38-,46-43-/t60-/m0/s1. The first-order valence-electron chi connectivity index (χ1n) is 27.7. The molecule has 0 N–H and O–H groups in total. The molecule has 388 valence electrons. The van der Waals surface area contributed by atoms with E-state index in [0.29, 0.717) is 12.8 Å². The van der Waals surface area contributed by atoms with Gasteiger partial charge in [0.2, 0.25) is 0 Å². The van der Waals surface area contributed by atoms with Gasteiger partial charge in [0.1, 0.15) is 13.2 Å². The van der Waals surface area contributed by atoms with E-state index < -0.39 is 6.10 Å². The lowest BCUT2D eigenvalue weighted by Crippen LogP contribution is -2.30. The van der Waals surface area contributed by atoms with Crippen LogP contribution in [0.4, 0.5) is 0 Å². The fraction of sp³-hybridized carbons (Fsp3) is 0.603. The van der Waals surface area contributed by atoms with Gasteiger partial charge >= 0.3 is 17.9 Å². The van der Waals surface area contributed by atoms with Gasteiger partial charge in [0.25, 0.3) is 0 Å². The quantitative estimate of drug-likeness (QED) is 0.0262. The van der Waals surface area contributed by atoms with Crippen molar-refractivity contribution in [3.8, 4) is 0 Å². The molecule has 0 aliphatic rings. The lowest BCUT2D eigenvalue weighted by Gasteiger charge is -2.18. The SMILES string of the molecule is CC/C=C\C/C=C\C/C=C\C/C=C\C/C=C\CCCCCC(=O)OC[C@H](COC(=O)CCC/C=C\C/C=C\C/C=C\C/C=C\CCCCC)OC(=O)CCCCCCC/C=C\C/C=C\CCCCC. The Labute approximate surface area is 424 Å². The van der Waals surface area contributed by atoms with E-state index in [2.05, 4.69) is 154 Å². The third-order valence-electron chi connectivity index (χ3n) is 11.1. The summed E-state index contributed by atoms with van der Waals surface area (Å²) in [5, 5.41) is 0. The van der Waals surface area contributed by atoms with Crippen LogP contribution in [0.5, 0.6) is 0 Å². The lowest BCUT2D eigenvalue weighted by molar-refractivity contribution is -0.167. The van der Waals surface area contributed by atoms with Gasteiger partial charge in [0, 0.05) is 19.3 Å². The summed E-state index contributed by atoms with van der Waals surface area (Å²) in [6.07, 6.45) is 78.6. The number of esters is 3. The van der Waals surface area contributed by atoms with Crippen LogP contribution in [0.3, 0.4) is 0 Å². The first-order chi connectivity index (χ1) is 34.0. The summed E-state index contributed by atoms with van der Waals surface area (Å²) in [6, 6.07) is 0. The Kier molecular flexibility index (Phi) is 52.5. The molecule has 0 aromatic rings. The molecule has 69 heavy (non-hydrogen) atoms. The van der Waals surface area contributed by atoms with Gasteiger partial charge in [-0.3, -0.25) is 14.4 Å². The van der Waals surface area contributed by atoms with Gasteiger partial charge in [-0.25, -0.2) is 0 Å². The molecular weight excluding hydrogens is 853 g/mol. The summed E-state index contributed by atoms with van der Waals surface area (Å²) < 4.78 is 16.8. The van der Waals surface area contributed by atoms with Crippen molar-refractivity contribution in [2.45, 2.75) is 232 Å². The third kappa shape index (κ3) is 54.4. The van der Waals surface area contributed by atoms with Crippen LogP contribution in [0.2, 0.25) is 0 Å². The van der Waals surface area contributed by atoms with Crippen molar-refractivity contribution in [3.05, 3.63) is 134 Å². The maximum Gasteiger partial charge on any atom is 0.306 e. The molecule has 0 saturated heterocycles. The zero-order chi connectivity index (χ0) is 50.0. The highest BCUT2D eigenvalue weighted by Gasteiger charge is 2.19. The zero-order valence-electron chi connectivity index (χ0n) is 44.3.